The molecule has 0 unspecified atom stereocenters. The quantitative estimate of drug-likeness (QED) is 0.327. The third-order valence-electron chi connectivity index (χ3n) is 2.31. The van der Waals surface area contributed by atoms with Crippen molar-refractivity contribution in [2.45, 2.75) is 19.8 Å². The van der Waals surface area contributed by atoms with E-state index in [1.165, 1.54) is 0 Å². The fourth-order valence-electron chi connectivity index (χ4n) is 1.29. The molecule has 8 heteroatoms. The number of hydrogen-bond donors (Lipinski definition) is 0. The summed E-state index contributed by atoms with van der Waals surface area (Å²) in [5.74, 6) is -1.69. The summed E-state index contributed by atoms with van der Waals surface area (Å²) >= 11 is 2.84. The predicted octanol–water partition coefficient (Wildman–Crippen LogP) is 3.22. The van der Waals surface area contributed by atoms with E-state index in [1.54, 1.807) is 0 Å². The van der Waals surface area contributed by atoms with Crippen LogP contribution in [0.25, 0.3) is 0 Å². The van der Waals surface area contributed by atoms with Gasteiger partial charge in [-0.2, -0.15) is 0 Å². The molecule has 1 aromatic carbocycles. The highest BCUT2D eigenvalue weighted by atomic mass is 79.9. The van der Waals surface area contributed by atoms with Gasteiger partial charge in [0.25, 0.3) is 0 Å². The molecule has 0 fully saturated rings. The van der Waals surface area contributed by atoms with Crippen molar-refractivity contribution in [1.29, 1.82) is 0 Å². The number of esters is 1. The van der Waals surface area contributed by atoms with E-state index in [2.05, 4.69) is 15.9 Å². The Bertz CT molecular complexity index is 509. The Morgan fingerprint density at radius 2 is 2.20 bits per heavy atom. The predicted molar refractivity (Wildman–Crippen MR) is 72.1 cm³/mol. The van der Waals surface area contributed by atoms with Gasteiger partial charge in [0.1, 0.15) is 5.82 Å². The number of halogens is 2. The smallest absolute Gasteiger partial charge is 0.344 e. The second-order valence-electron chi connectivity index (χ2n) is 3.85. The second kappa shape index (κ2) is 7.78. The molecule has 1 rings (SSSR count). The van der Waals surface area contributed by atoms with Crippen molar-refractivity contribution in [3.05, 3.63) is 32.5 Å². The Morgan fingerprint density at radius 1 is 1.50 bits per heavy atom. The van der Waals surface area contributed by atoms with Gasteiger partial charge in [-0.1, -0.05) is 13.3 Å². The molecule has 0 aliphatic rings. The Morgan fingerprint density at radius 3 is 2.80 bits per heavy atom. The molecule has 0 saturated heterocycles. The van der Waals surface area contributed by atoms with Crippen molar-refractivity contribution >= 4 is 27.6 Å². The number of ether oxygens (including phenoxy) is 2. The molecule has 0 atom stereocenters. The summed E-state index contributed by atoms with van der Waals surface area (Å²) in [6.07, 6.45) is 1.59. The van der Waals surface area contributed by atoms with E-state index in [-0.39, 0.29) is 16.8 Å². The summed E-state index contributed by atoms with van der Waals surface area (Å²) in [4.78, 5) is 21.4. The minimum absolute atomic E-state index is 0.0536. The molecular formula is C12H13BrFNO5. The first kappa shape index (κ1) is 16.4. The van der Waals surface area contributed by atoms with Gasteiger partial charge in [0.05, 0.1) is 16.0 Å². The van der Waals surface area contributed by atoms with Gasteiger partial charge in [-0.25, -0.2) is 9.18 Å². The first-order valence-electron chi connectivity index (χ1n) is 5.87. The molecule has 0 N–H and O–H groups in total. The van der Waals surface area contributed by atoms with Gasteiger partial charge in [-0.05, 0) is 22.4 Å². The van der Waals surface area contributed by atoms with Crippen LogP contribution in [-0.4, -0.2) is 24.1 Å². The molecule has 110 valence electrons. The first-order chi connectivity index (χ1) is 9.45. The summed E-state index contributed by atoms with van der Waals surface area (Å²) in [6.45, 7) is 1.69. The van der Waals surface area contributed by atoms with Crippen LogP contribution in [0.5, 0.6) is 5.75 Å². The zero-order valence-corrected chi connectivity index (χ0v) is 12.3. The molecule has 0 aliphatic heterocycles. The third kappa shape index (κ3) is 4.76. The molecule has 0 heterocycles. The Balaban J connectivity index is 2.69. The normalized spacial score (nSPS) is 10.2. The van der Waals surface area contributed by atoms with Crippen LogP contribution >= 0.6 is 15.9 Å². The number of nitro groups is 1. The first-order valence-corrected chi connectivity index (χ1v) is 6.66. The lowest BCUT2D eigenvalue weighted by atomic mass is 10.3. The van der Waals surface area contributed by atoms with E-state index in [1.807, 2.05) is 6.92 Å². The average molecular weight is 350 g/mol. The van der Waals surface area contributed by atoms with Crippen LogP contribution in [0.15, 0.2) is 16.6 Å². The molecule has 0 bridgehead atoms. The van der Waals surface area contributed by atoms with Crippen molar-refractivity contribution < 1.29 is 23.6 Å². The molecule has 1 aromatic rings. The van der Waals surface area contributed by atoms with Crippen LogP contribution in [0.3, 0.4) is 0 Å². The highest BCUT2D eigenvalue weighted by molar-refractivity contribution is 9.10. The fourth-order valence-corrected chi connectivity index (χ4v) is 1.62. The van der Waals surface area contributed by atoms with Gasteiger partial charge < -0.3 is 9.47 Å². The van der Waals surface area contributed by atoms with Crippen LogP contribution in [-0.2, 0) is 9.53 Å². The lowest BCUT2D eigenvalue weighted by Gasteiger charge is -2.07. The van der Waals surface area contributed by atoms with Crippen LogP contribution in [0.1, 0.15) is 19.8 Å². The zero-order chi connectivity index (χ0) is 15.1. The number of nitrogens with zero attached hydrogens (tertiary/aromatic N) is 1. The summed E-state index contributed by atoms with van der Waals surface area (Å²) in [5, 5.41) is 10.8. The molecule has 0 amide bonds. The van der Waals surface area contributed by atoms with E-state index in [0.717, 1.165) is 25.0 Å². The number of carbonyl (C=O) groups excluding carboxylic acids is 1. The van der Waals surface area contributed by atoms with Gasteiger partial charge in [0.15, 0.2) is 6.61 Å². The second-order valence-corrected chi connectivity index (χ2v) is 4.71. The fraction of sp³-hybridized carbons (Fsp3) is 0.417. The SMILES string of the molecule is CCCCOC(=O)COc1cc(F)c(Br)cc1[N+](=O)[O-]. The van der Waals surface area contributed by atoms with Crippen LogP contribution < -0.4 is 4.74 Å². The van der Waals surface area contributed by atoms with Gasteiger partial charge >= 0.3 is 11.7 Å². The summed E-state index contributed by atoms with van der Waals surface area (Å²) in [6, 6.07) is 1.83. The minimum atomic E-state index is -0.720. The van der Waals surface area contributed by atoms with Crippen LogP contribution in [0, 0.1) is 15.9 Å². The van der Waals surface area contributed by atoms with Gasteiger partial charge in [-0.15, -0.1) is 0 Å². The average Bonchev–Trinajstić information content (AvgIpc) is 2.39. The molecule has 6 nitrogen and oxygen atoms in total. The molecule has 0 spiro atoms. The van der Waals surface area contributed by atoms with E-state index in [9.17, 15) is 19.3 Å². The van der Waals surface area contributed by atoms with E-state index in [4.69, 9.17) is 9.47 Å². The highest BCUT2D eigenvalue weighted by Gasteiger charge is 2.20. The lowest BCUT2D eigenvalue weighted by Crippen LogP contribution is -2.16. The maximum absolute atomic E-state index is 13.3. The molecular weight excluding hydrogens is 337 g/mol. The van der Waals surface area contributed by atoms with Crippen LogP contribution in [0.4, 0.5) is 10.1 Å². The Kier molecular flexibility index (Phi) is 6.37. The number of benzene rings is 1. The summed E-state index contributed by atoms with van der Waals surface area (Å²) < 4.78 is 23.0. The number of hydrogen-bond acceptors (Lipinski definition) is 5. The molecule has 0 aliphatic carbocycles. The van der Waals surface area contributed by atoms with Crippen molar-refractivity contribution in [3.63, 3.8) is 0 Å². The molecule has 0 radical (unpaired) electrons. The van der Waals surface area contributed by atoms with Crippen molar-refractivity contribution in [1.82, 2.24) is 0 Å². The number of nitro benzene ring substituents is 1. The highest BCUT2D eigenvalue weighted by Crippen LogP contribution is 2.32. The number of rotatable bonds is 7. The lowest BCUT2D eigenvalue weighted by molar-refractivity contribution is -0.385. The Labute approximate surface area is 123 Å². The van der Waals surface area contributed by atoms with Crippen molar-refractivity contribution in [2.75, 3.05) is 13.2 Å². The molecule has 0 aromatic heterocycles. The largest absolute Gasteiger partial charge is 0.475 e. The monoisotopic (exact) mass is 349 g/mol. The number of unbranched alkanes of at least 4 members (excludes halogenated alkanes) is 1. The minimum Gasteiger partial charge on any atom is -0.475 e. The van der Waals surface area contributed by atoms with E-state index in [0.29, 0.717) is 0 Å². The van der Waals surface area contributed by atoms with Crippen LogP contribution in [0.2, 0.25) is 0 Å². The van der Waals surface area contributed by atoms with Crippen molar-refractivity contribution in [3.8, 4) is 5.75 Å². The van der Waals surface area contributed by atoms with Gasteiger partial charge in [0, 0.05) is 12.1 Å². The zero-order valence-electron chi connectivity index (χ0n) is 10.7. The van der Waals surface area contributed by atoms with Crippen molar-refractivity contribution in [2.24, 2.45) is 0 Å². The maximum Gasteiger partial charge on any atom is 0.344 e. The summed E-state index contributed by atoms with van der Waals surface area (Å²) in [5.41, 5.74) is -0.431. The Hall–Kier alpha value is -1.70. The maximum atomic E-state index is 13.3. The van der Waals surface area contributed by atoms with E-state index < -0.39 is 29.0 Å². The standard InChI is InChI=1S/C12H13BrFNO5/c1-2-3-4-19-12(16)7-20-11-6-9(14)8(13)5-10(11)15(17)18/h5-6H,2-4,7H2,1H3. The number of carbonyl (C=O) groups is 1. The van der Waals surface area contributed by atoms with Gasteiger partial charge in [-0.3, -0.25) is 10.1 Å². The third-order valence-corrected chi connectivity index (χ3v) is 2.91. The van der Waals surface area contributed by atoms with Gasteiger partial charge in [0.2, 0.25) is 5.75 Å². The van der Waals surface area contributed by atoms with E-state index >= 15 is 0 Å². The summed E-state index contributed by atoms with van der Waals surface area (Å²) in [7, 11) is 0. The molecule has 20 heavy (non-hydrogen) atoms. The topological polar surface area (TPSA) is 78.7 Å². The molecule has 0 saturated carbocycles.